The van der Waals surface area contributed by atoms with Crippen molar-refractivity contribution >= 4 is 10.0 Å². The minimum absolute atomic E-state index is 0.0496. The minimum Gasteiger partial charge on any atom is -0.327 e. The molecule has 1 fully saturated rings. The highest BCUT2D eigenvalue weighted by Gasteiger charge is 2.61. The molecule has 0 saturated heterocycles. The number of hydrogen-bond acceptors (Lipinski definition) is 5. The van der Waals surface area contributed by atoms with Crippen LogP contribution in [0.2, 0.25) is 0 Å². The van der Waals surface area contributed by atoms with Crippen molar-refractivity contribution in [1.29, 1.82) is 5.26 Å². The number of nitrogens with one attached hydrogen (secondary N) is 1. The zero-order valence-electron chi connectivity index (χ0n) is 12.6. The van der Waals surface area contributed by atoms with Crippen molar-refractivity contribution in [1.82, 2.24) is 9.71 Å². The van der Waals surface area contributed by atoms with E-state index >= 15 is 0 Å². The lowest BCUT2D eigenvalue weighted by Crippen LogP contribution is -2.75. The summed E-state index contributed by atoms with van der Waals surface area (Å²) in [6.07, 6.45) is 1.19. The van der Waals surface area contributed by atoms with E-state index in [1.54, 1.807) is 0 Å². The molecule has 7 heteroatoms. The first-order valence-corrected chi connectivity index (χ1v) is 8.16. The largest absolute Gasteiger partial charge is 0.327 e. The highest BCUT2D eigenvalue weighted by atomic mass is 32.2. The molecular formula is C14H20N4O2S. The van der Waals surface area contributed by atoms with Gasteiger partial charge in [0.15, 0.2) is 0 Å². The van der Waals surface area contributed by atoms with Crippen molar-refractivity contribution in [2.75, 3.05) is 0 Å². The maximum Gasteiger partial charge on any atom is 0.242 e. The Labute approximate surface area is 125 Å². The number of nitriles is 1. The van der Waals surface area contributed by atoms with E-state index in [2.05, 4.69) is 9.71 Å². The second-order valence-corrected chi connectivity index (χ2v) is 8.38. The molecule has 0 amide bonds. The lowest BCUT2D eigenvalue weighted by Gasteiger charge is -2.62. The van der Waals surface area contributed by atoms with Crippen molar-refractivity contribution < 1.29 is 8.42 Å². The summed E-state index contributed by atoms with van der Waals surface area (Å²) in [5.41, 5.74) is 5.67. The summed E-state index contributed by atoms with van der Waals surface area (Å²) in [5.74, 6) is 0. The molecule has 1 aliphatic carbocycles. The Balaban J connectivity index is 2.28. The van der Waals surface area contributed by atoms with Crippen molar-refractivity contribution in [3.63, 3.8) is 0 Å². The van der Waals surface area contributed by atoms with Crippen LogP contribution in [0, 0.1) is 22.2 Å². The number of pyridine rings is 1. The summed E-state index contributed by atoms with van der Waals surface area (Å²) < 4.78 is 27.6. The lowest BCUT2D eigenvalue weighted by molar-refractivity contribution is -0.0593. The van der Waals surface area contributed by atoms with Crippen LogP contribution >= 0.6 is 0 Å². The number of rotatable bonds is 3. The Hall–Kier alpha value is -1.49. The maximum absolute atomic E-state index is 12.4. The van der Waals surface area contributed by atoms with Gasteiger partial charge in [0.2, 0.25) is 10.0 Å². The van der Waals surface area contributed by atoms with Crippen LogP contribution in [-0.4, -0.2) is 25.5 Å². The fourth-order valence-corrected chi connectivity index (χ4v) is 4.81. The zero-order chi connectivity index (χ0) is 16.1. The highest BCUT2D eigenvalue weighted by molar-refractivity contribution is 7.89. The molecule has 0 atom stereocenters. The van der Waals surface area contributed by atoms with Crippen LogP contribution in [0.15, 0.2) is 23.2 Å². The molecule has 0 radical (unpaired) electrons. The van der Waals surface area contributed by atoms with Gasteiger partial charge in [-0.15, -0.1) is 0 Å². The predicted molar refractivity (Wildman–Crippen MR) is 78.6 cm³/mol. The summed E-state index contributed by atoms with van der Waals surface area (Å²) in [6.45, 7) is 7.81. The van der Waals surface area contributed by atoms with E-state index in [-0.39, 0.29) is 33.5 Å². The number of nitrogens with zero attached hydrogens (tertiary/aromatic N) is 2. The summed E-state index contributed by atoms with van der Waals surface area (Å²) in [6, 6.07) is 4.28. The van der Waals surface area contributed by atoms with Crippen LogP contribution in [0.5, 0.6) is 0 Å². The fourth-order valence-electron chi connectivity index (χ4n) is 3.31. The zero-order valence-corrected chi connectivity index (χ0v) is 13.4. The molecule has 1 aromatic heterocycles. The van der Waals surface area contributed by atoms with Crippen LogP contribution in [0.4, 0.5) is 0 Å². The third-order valence-electron chi connectivity index (χ3n) is 4.53. The van der Waals surface area contributed by atoms with Gasteiger partial charge in [-0.2, -0.15) is 5.26 Å². The standard InChI is InChI=1S/C14H20N4O2S/c1-13(2)11(16)14(3,4)12(13)18-21(19,20)10-6-5-9(7-15)17-8-10/h5-6,8,11-12,18H,16H2,1-4H3. The Morgan fingerprint density at radius 3 is 2.29 bits per heavy atom. The van der Waals surface area contributed by atoms with Crippen LogP contribution in [-0.2, 0) is 10.0 Å². The average Bonchev–Trinajstić information content (AvgIpc) is 2.44. The van der Waals surface area contributed by atoms with Crippen LogP contribution < -0.4 is 10.5 Å². The van der Waals surface area contributed by atoms with Gasteiger partial charge in [0, 0.05) is 18.3 Å². The first-order valence-electron chi connectivity index (χ1n) is 6.67. The third kappa shape index (κ3) is 2.44. The molecule has 1 aliphatic rings. The lowest BCUT2D eigenvalue weighted by atomic mass is 9.49. The molecule has 21 heavy (non-hydrogen) atoms. The molecular weight excluding hydrogens is 288 g/mol. The van der Waals surface area contributed by atoms with Gasteiger partial charge in [-0.3, -0.25) is 0 Å². The normalized spacial score (nSPS) is 26.7. The van der Waals surface area contributed by atoms with Gasteiger partial charge in [-0.1, -0.05) is 27.7 Å². The number of aromatic nitrogens is 1. The topological polar surface area (TPSA) is 109 Å². The number of nitrogens with two attached hydrogens (primary N) is 1. The van der Waals surface area contributed by atoms with Gasteiger partial charge in [0.05, 0.1) is 0 Å². The monoisotopic (exact) mass is 308 g/mol. The van der Waals surface area contributed by atoms with E-state index in [1.807, 2.05) is 33.8 Å². The van der Waals surface area contributed by atoms with Gasteiger partial charge >= 0.3 is 0 Å². The van der Waals surface area contributed by atoms with Crippen molar-refractivity contribution in [3.05, 3.63) is 24.0 Å². The highest BCUT2D eigenvalue weighted by Crippen LogP contribution is 2.52. The Morgan fingerprint density at radius 1 is 1.29 bits per heavy atom. The van der Waals surface area contributed by atoms with E-state index in [1.165, 1.54) is 18.3 Å². The SMILES string of the molecule is CC1(C)C(N)C(C)(C)C1NS(=O)(=O)c1ccc(C#N)nc1. The summed E-state index contributed by atoms with van der Waals surface area (Å²) in [5, 5.41) is 8.70. The number of sulfonamides is 1. The van der Waals surface area contributed by atoms with Crippen LogP contribution in [0.3, 0.4) is 0 Å². The first kappa shape index (κ1) is 15.9. The maximum atomic E-state index is 12.4. The molecule has 6 nitrogen and oxygen atoms in total. The van der Waals surface area contributed by atoms with Crippen LogP contribution in [0.25, 0.3) is 0 Å². The molecule has 0 bridgehead atoms. The molecule has 0 aromatic carbocycles. The Morgan fingerprint density at radius 2 is 1.86 bits per heavy atom. The van der Waals surface area contributed by atoms with Crippen molar-refractivity contribution in [2.24, 2.45) is 16.6 Å². The van der Waals surface area contributed by atoms with Gasteiger partial charge < -0.3 is 5.73 Å². The molecule has 3 N–H and O–H groups in total. The Bertz CT molecular complexity index is 671. The molecule has 0 spiro atoms. The molecule has 114 valence electrons. The predicted octanol–water partition coefficient (Wildman–Crippen LogP) is 0.993. The van der Waals surface area contributed by atoms with Crippen molar-refractivity contribution in [3.8, 4) is 6.07 Å². The van der Waals surface area contributed by atoms with Crippen molar-refractivity contribution in [2.45, 2.75) is 44.7 Å². The second-order valence-electron chi connectivity index (χ2n) is 6.67. The van der Waals surface area contributed by atoms with E-state index in [0.29, 0.717) is 0 Å². The summed E-state index contributed by atoms with van der Waals surface area (Å²) in [7, 11) is -3.69. The molecule has 2 rings (SSSR count). The smallest absolute Gasteiger partial charge is 0.242 e. The molecule has 1 heterocycles. The molecule has 0 aliphatic heterocycles. The summed E-state index contributed by atoms with van der Waals surface area (Å²) in [4.78, 5) is 3.85. The van der Waals surface area contributed by atoms with Gasteiger partial charge in [0.25, 0.3) is 0 Å². The van der Waals surface area contributed by atoms with Crippen LogP contribution in [0.1, 0.15) is 33.4 Å². The average molecular weight is 308 g/mol. The van der Waals surface area contributed by atoms with E-state index in [0.717, 1.165) is 0 Å². The van der Waals surface area contributed by atoms with Gasteiger partial charge in [-0.25, -0.2) is 18.1 Å². The third-order valence-corrected chi connectivity index (χ3v) is 5.93. The van der Waals surface area contributed by atoms with E-state index < -0.39 is 10.0 Å². The van der Waals surface area contributed by atoms with E-state index in [4.69, 9.17) is 11.0 Å². The quantitative estimate of drug-likeness (QED) is 0.865. The fraction of sp³-hybridized carbons (Fsp3) is 0.571. The molecule has 1 aromatic rings. The second kappa shape index (κ2) is 4.77. The minimum atomic E-state index is -3.69. The molecule has 0 unspecified atom stereocenters. The molecule has 1 saturated carbocycles. The van der Waals surface area contributed by atoms with E-state index in [9.17, 15) is 8.42 Å². The summed E-state index contributed by atoms with van der Waals surface area (Å²) >= 11 is 0. The van der Waals surface area contributed by atoms with Gasteiger partial charge in [-0.05, 0) is 23.0 Å². The number of hydrogen-bond donors (Lipinski definition) is 2. The first-order chi connectivity index (χ1) is 9.53. The Kier molecular flexibility index (Phi) is 3.61. The van der Waals surface area contributed by atoms with Gasteiger partial charge in [0.1, 0.15) is 16.7 Å².